The number of hydrogen-bond acceptors (Lipinski definition) is 2. The average Bonchev–Trinajstić information content (AvgIpc) is 2.34. The Bertz CT molecular complexity index is 579. The third kappa shape index (κ3) is 2.66. The molecule has 0 bridgehead atoms. The van der Waals surface area contributed by atoms with Gasteiger partial charge in [-0.15, -0.1) is 0 Å². The molecule has 0 spiro atoms. The Labute approximate surface area is 104 Å². The molecule has 0 radical (unpaired) electrons. The van der Waals surface area contributed by atoms with Crippen molar-refractivity contribution < 1.29 is 14.3 Å². The highest BCUT2D eigenvalue weighted by atomic mass is 19.1. The van der Waals surface area contributed by atoms with Crippen molar-refractivity contribution in [3.8, 4) is 0 Å². The number of carboxylic acid groups (broad SMARTS) is 1. The van der Waals surface area contributed by atoms with Crippen molar-refractivity contribution in [1.82, 2.24) is 0 Å². The zero-order chi connectivity index (χ0) is 13.1. The highest BCUT2D eigenvalue weighted by Crippen LogP contribution is 2.19. The molecule has 0 saturated carbocycles. The van der Waals surface area contributed by atoms with Gasteiger partial charge in [0.25, 0.3) is 0 Å². The average molecular weight is 245 g/mol. The molecular weight excluding hydrogens is 233 g/mol. The molecule has 0 aromatic heterocycles. The Hall–Kier alpha value is -2.36. The number of nitrogens with one attached hydrogen (secondary N) is 1. The van der Waals surface area contributed by atoms with Gasteiger partial charge in [0.05, 0.1) is 5.56 Å². The van der Waals surface area contributed by atoms with Crippen molar-refractivity contribution in [2.75, 3.05) is 5.32 Å². The molecule has 0 amide bonds. The van der Waals surface area contributed by atoms with E-state index in [0.717, 1.165) is 11.4 Å². The van der Waals surface area contributed by atoms with Crippen LogP contribution in [0.5, 0.6) is 0 Å². The van der Waals surface area contributed by atoms with Gasteiger partial charge in [0, 0.05) is 11.4 Å². The van der Waals surface area contributed by atoms with E-state index in [1.807, 2.05) is 0 Å². The predicted octanol–water partition coefficient (Wildman–Crippen LogP) is 3.58. The van der Waals surface area contributed by atoms with Crippen LogP contribution in [0, 0.1) is 12.7 Å². The zero-order valence-electron chi connectivity index (χ0n) is 9.77. The summed E-state index contributed by atoms with van der Waals surface area (Å²) in [6.45, 7) is 1.69. The second-order valence-corrected chi connectivity index (χ2v) is 3.97. The molecule has 92 valence electrons. The van der Waals surface area contributed by atoms with Crippen molar-refractivity contribution >= 4 is 17.3 Å². The van der Waals surface area contributed by atoms with Gasteiger partial charge < -0.3 is 10.4 Å². The van der Waals surface area contributed by atoms with Gasteiger partial charge in [0.2, 0.25) is 0 Å². The summed E-state index contributed by atoms with van der Waals surface area (Å²) in [6.07, 6.45) is 0. The fourth-order valence-corrected chi connectivity index (χ4v) is 1.59. The second-order valence-electron chi connectivity index (χ2n) is 3.97. The smallest absolute Gasteiger partial charge is 0.335 e. The summed E-state index contributed by atoms with van der Waals surface area (Å²) in [4.78, 5) is 10.7. The zero-order valence-corrected chi connectivity index (χ0v) is 9.77. The number of aromatic carboxylic acids is 1. The van der Waals surface area contributed by atoms with Gasteiger partial charge in [0.15, 0.2) is 0 Å². The van der Waals surface area contributed by atoms with E-state index in [1.54, 1.807) is 31.2 Å². The molecule has 2 N–H and O–H groups in total. The monoisotopic (exact) mass is 245 g/mol. The van der Waals surface area contributed by atoms with Gasteiger partial charge >= 0.3 is 5.97 Å². The van der Waals surface area contributed by atoms with Crippen molar-refractivity contribution in [3.05, 3.63) is 59.4 Å². The molecule has 0 unspecified atom stereocenters. The van der Waals surface area contributed by atoms with E-state index in [1.165, 1.54) is 18.2 Å². The number of aryl methyl sites for hydroxylation is 1. The molecule has 2 aromatic rings. The lowest BCUT2D eigenvalue weighted by Gasteiger charge is -2.07. The normalized spacial score (nSPS) is 10.1. The van der Waals surface area contributed by atoms with E-state index in [-0.39, 0.29) is 11.4 Å². The summed E-state index contributed by atoms with van der Waals surface area (Å²) in [7, 11) is 0. The van der Waals surface area contributed by atoms with Gasteiger partial charge in [-0.05, 0) is 55.0 Å². The summed E-state index contributed by atoms with van der Waals surface area (Å²) in [5, 5.41) is 11.8. The van der Waals surface area contributed by atoms with E-state index >= 15 is 0 Å². The van der Waals surface area contributed by atoms with Crippen LogP contribution in [0.2, 0.25) is 0 Å². The molecule has 18 heavy (non-hydrogen) atoms. The number of carboxylic acids is 1. The standard InChI is InChI=1S/C14H12FNO2/c1-9-8-12(6-7-13(9)15)16-11-4-2-10(3-5-11)14(17)18/h2-8,16H,1H3,(H,17,18). The molecule has 0 saturated heterocycles. The lowest BCUT2D eigenvalue weighted by atomic mass is 10.2. The van der Waals surface area contributed by atoms with Crippen LogP contribution in [-0.4, -0.2) is 11.1 Å². The first kappa shape index (κ1) is 12.1. The fraction of sp³-hybridized carbons (Fsp3) is 0.0714. The second kappa shape index (κ2) is 4.87. The van der Waals surface area contributed by atoms with Crippen LogP contribution >= 0.6 is 0 Å². The van der Waals surface area contributed by atoms with Crippen LogP contribution in [0.15, 0.2) is 42.5 Å². The summed E-state index contributed by atoms with van der Waals surface area (Å²) in [6, 6.07) is 11.1. The third-order valence-electron chi connectivity index (χ3n) is 2.58. The molecule has 2 rings (SSSR count). The summed E-state index contributed by atoms with van der Waals surface area (Å²) >= 11 is 0. The summed E-state index contributed by atoms with van der Waals surface area (Å²) < 4.78 is 13.1. The topological polar surface area (TPSA) is 49.3 Å². The van der Waals surface area contributed by atoms with Crippen LogP contribution in [0.1, 0.15) is 15.9 Å². The van der Waals surface area contributed by atoms with Crippen LogP contribution in [0.25, 0.3) is 0 Å². The maximum atomic E-state index is 13.1. The van der Waals surface area contributed by atoms with E-state index < -0.39 is 5.97 Å². The molecule has 4 heteroatoms. The lowest BCUT2D eigenvalue weighted by molar-refractivity contribution is 0.0697. The summed E-state index contributed by atoms with van der Waals surface area (Å²) in [5.41, 5.74) is 2.31. The minimum Gasteiger partial charge on any atom is -0.478 e. The van der Waals surface area contributed by atoms with Crippen molar-refractivity contribution in [2.24, 2.45) is 0 Å². The molecule has 0 atom stereocenters. The Morgan fingerprint density at radius 2 is 1.72 bits per heavy atom. The summed E-state index contributed by atoms with van der Waals surface area (Å²) in [5.74, 6) is -1.21. The predicted molar refractivity (Wildman–Crippen MR) is 67.8 cm³/mol. The molecule has 0 aliphatic heterocycles. The molecule has 0 heterocycles. The van der Waals surface area contributed by atoms with E-state index in [0.29, 0.717) is 5.56 Å². The van der Waals surface area contributed by atoms with Gasteiger partial charge in [-0.3, -0.25) is 0 Å². The quantitative estimate of drug-likeness (QED) is 0.869. The van der Waals surface area contributed by atoms with Crippen molar-refractivity contribution in [1.29, 1.82) is 0 Å². The molecule has 0 aliphatic rings. The minimum atomic E-state index is -0.959. The van der Waals surface area contributed by atoms with Crippen LogP contribution in [0.4, 0.5) is 15.8 Å². The fourth-order valence-electron chi connectivity index (χ4n) is 1.59. The first-order valence-electron chi connectivity index (χ1n) is 5.43. The first-order valence-corrected chi connectivity index (χ1v) is 5.43. The Morgan fingerprint density at radius 1 is 1.11 bits per heavy atom. The van der Waals surface area contributed by atoms with Crippen molar-refractivity contribution in [2.45, 2.75) is 6.92 Å². The maximum Gasteiger partial charge on any atom is 0.335 e. The van der Waals surface area contributed by atoms with Gasteiger partial charge in [-0.2, -0.15) is 0 Å². The SMILES string of the molecule is Cc1cc(Nc2ccc(C(=O)O)cc2)ccc1F. The van der Waals surface area contributed by atoms with Crippen LogP contribution < -0.4 is 5.32 Å². The molecule has 0 fully saturated rings. The van der Waals surface area contributed by atoms with Crippen LogP contribution in [0.3, 0.4) is 0 Å². The Kier molecular flexibility index (Phi) is 3.28. The highest BCUT2D eigenvalue weighted by Gasteiger charge is 2.03. The number of benzene rings is 2. The van der Waals surface area contributed by atoms with E-state index in [2.05, 4.69) is 5.32 Å². The molecule has 3 nitrogen and oxygen atoms in total. The maximum absolute atomic E-state index is 13.1. The minimum absolute atomic E-state index is 0.232. The largest absolute Gasteiger partial charge is 0.478 e. The Balaban J connectivity index is 2.18. The van der Waals surface area contributed by atoms with Gasteiger partial charge in [0.1, 0.15) is 5.82 Å². The van der Waals surface area contributed by atoms with E-state index in [4.69, 9.17) is 5.11 Å². The molecule has 2 aromatic carbocycles. The molecular formula is C14H12FNO2. The van der Waals surface area contributed by atoms with Crippen molar-refractivity contribution in [3.63, 3.8) is 0 Å². The van der Waals surface area contributed by atoms with Gasteiger partial charge in [-0.1, -0.05) is 0 Å². The lowest BCUT2D eigenvalue weighted by Crippen LogP contribution is -1.97. The van der Waals surface area contributed by atoms with Crippen LogP contribution in [-0.2, 0) is 0 Å². The van der Waals surface area contributed by atoms with Gasteiger partial charge in [-0.25, -0.2) is 9.18 Å². The number of halogens is 1. The molecule has 0 aliphatic carbocycles. The number of carbonyl (C=O) groups is 1. The number of rotatable bonds is 3. The van der Waals surface area contributed by atoms with E-state index in [9.17, 15) is 9.18 Å². The first-order chi connectivity index (χ1) is 8.56. The number of hydrogen-bond donors (Lipinski definition) is 2. The number of anilines is 2. The Morgan fingerprint density at radius 3 is 2.28 bits per heavy atom. The third-order valence-corrected chi connectivity index (χ3v) is 2.58. The highest BCUT2D eigenvalue weighted by molar-refractivity contribution is 5.88.